The van der Waals surface area contributed by atoms with E-state index in [0.717, 1.165) is 30.6 Å². The lowest BCUT2D eigenvalue weighted by molar-refractivity contribution is -0.135. The van der Waals surface area contributed by atoms with Gasteiger partial charge in [-0.3, -0.25) is 9.59 Å². The van der Waals surface area contributed by atoms with Crippen molar-refractivity contribution in [1.29, 1.82) is 0 Å². The molecule has 2 amide bonds. The van der Waals surface area contributed by atoms with Gasteiger partial charge < -0.3 is 16.4 Å². The van der Waals surface area contributed by atoms with Gasteiger partial charge in [0.05, 0.1) is 11.8 Å². The maximum atomic E-state index is 12.6. The van der Waals surface area contributed by atoms with Crippen molar-refractivity contribution < 1.29 is 9.59 Å². The van der Waals surface area contributed by atoms with Crippen molar-refractivity contribution in [2.45, 2.75) is 31.1 Å². The zero-order valence-corrected chi connectivity index (χ0v) is 12.8. The Morgan fingerprint density at radius 1 is 1.24 bits per heavy atom. The number of hydrogen-bond donors (Lipinski definition) is 2. The van der Waals surface area contributed by atoms with Crippen LogP contribution in [0.1, 0.15) is 24.8 Å². The number of anilines is 1. The van der Waals surface area contributed by atoms with E-state index in [-0.39, 0.29) is 17.7 Å². The lowest BCUT2D eigenvalue weighted by Crippen LogP contribution is -2.43. The first kappa shape index (κ1) is 15.7. The maximum absolute atomic E-state index is 12.6. The number of rotatable bonds is 5. The minimum Gasteiger partial charge on any atom is -0.399 e. The number of nitrogens with zero attached hydrogens (tertiary/aromatic N) is 1. The number of nitrogen functional groups attached to an aromatic ring is 1. The van der Waals surface area contributed by atoms with E-state index in [9.17, 15) is 9.59 Å². The molecule has 0 radical (unpaired) electrons. The van der Waals surface area contributed by atoms with Crippen LogP contribution in [-0.4, -0.2) is 34.3 Å². The SMILES string of the molecule is NC(=O)CN(Cc1ccc(N)cc1)C(=O)C1CCCCS1. The van der Waals surface area contributed by atoms with Crippen LogP contribution >= 0.6 is 11.8 Å². The molecule has 1 aliphatic heterocycles. The molecule has 1 heterocycles. The fraction of sp³-hybridized carbons (Fsp3) is 0.467. The van der Waals surface area contributed by atoms with Gasteiger partial charge in [0.2, 0.25) is 11.8 Å². The summed E-state index contributed by atoms with van der Waals surface area (Å²) in [5.74, 6) is 0.526. The van der Waals surface area contributed by atoms with E-state index in [1.165, 1.54) is 0 Å². The maximum Gasteiger partial charge on any atom is 0.237 e. The van der Waals surface area contributed by atoms with Crippen molar-refractivity contribution in [2.24, 2.45) is 5.73 Å². The van der Waals surface area contributed by atoms with Crippen molar-refractivity contribution in [1.82, 2.24) is 4.90 Å². The van der Waals surface area contributed by atoms with E-state index in [1.807, 2.05) is 12.1 Å². The molecule has 0 saturated carbocycles. The summed E-state index contributed by atoms with van der Waals surface area (Å²) >= 11 is 1.68. The molecule has 114 valence electrons. The number of carbonyl (C=O) groups excluding carboxylic acids is 2. The number of primary amides is 1. The molecule has 1 aromatic carbocycles. The summed E-state index contributed by atoms with van der Waals surface area (Å²) in [5.41, 5.74) is 12.6. The molecule has 2 rings (SSSR count). The van der Waals surface area contributed by atoms with Gasteiger partial charge in [0.1, 0.15) is 0 Å². The third-order valence-electron chi connectivity index (χ3n) is 3.47. The van der Waals surface area contributed by atoms with Gasteiger partial charge in [-0.15, -0.1) is 11.8 Å². The highest BCUT2D eigenvalue weighted by atomic mass is 32.2. The summed E-state index contributed by atoms with van der Waals surface area (Å²) in [5, 5.41) is -0.0492. The largest absolute Gasteiger partial charge is 0.399 e. The molecule has 1 aliphatic rings. The zero-order valence-electron chi connectivity index (χ0n) is 12.0. The first-order chi connectivity index (χ1) is 10.1. The Hall–Kier alpha value is -1.69. The topological polar surface area (TPSA) is 89.4 Å². The zero-order chi connectivity index (χ0) is 15.2. The number of nitrogens with two attached hydrogens (primary N) is 2. The number of amides is 2. The molecule has 21 heavy (non-hydrogen) atoms. The highest BCUT2D eigenvalue weighted by molar-refractivity contribution is 8.00. The fourth-order valence-electron chi connectivity index (χ4n) is 2.38. The summed E-state index contributed by atoms with van der Waals surface area (Å²) < 4.78 is 0. The van der Waals surface area contributed by atoms with Gasteiger partial charge in [0.15, 0.2) is 0 Å². The molecule has 0 aliphatic carbocycles. The third kappa shape index (κ3) is 4.67. The normalized spacial score (nSPS) is 18.2. The van der Waals surface area contributed by atoms with Crippen LogP contribution in [0.25, 0.3) is 0 Å². The number of benzene rings is 1. The molecule has 1 unspecified atom stereocenters. The molecule has 1 saturated heterocycles. The van der Waals surface area contributed by atoms with Crippen LogP contribution in [0, 0.1) is 0 Å². The quantitative estimate of drug-likeness (QED) is 0.804. The molecule has 0 spiro atoms. The first-order valence-electron chi connectivity index (χ1n) is 7.09. The van der Waals surface area contributed by atoms with Crippen LogP contribution in [-0.2, 0) is 16.1 Å². The Balaban J connectivity index is 2.07. The molecule has 1 fully saturated rings. The lowest BCUT2D eigenvalue weighted by Gasteiger charge is -2.28. The van der Waals surface area contributed by atoms with Crippen LogP contribution in [0.2, 0.25) is 0 Å². The Bertz CT molecular complexity index is 498. The lowest BCUT2D eigenvalue weighted by atomic mass is 10.1. The van der Waals surface area contributed by atoms with E-state index in [2.05, 4.69) is 0 Å². The summed E-state index contributed by atoms with van der Waals surface area (Å²) in [7, 11) is 0. The highest BCUT2D eigenvalue weighted by Crippen LogP contribution is 2.27. The molecular formula is C15H21N3O2S. The minimum absolute atomic E-state index is 0.00956. The Morgan fingerprint density at radius 3 is 2.52 bits per heavy atom. The number of hydrogen-bond acceptors (Lipinski definition) is 4. The molecule has 1 aromatic rings. The Kier molecular flexibility index (Phi) is 5.50. The van der Waals surface area contributed by atoms with Gasteiger partial charge in [0.25, 0.3) is 0 Å². The van der Waals surface area contributed by atoms with Gasteiger partial charge in [-0.1, -0.05) is 18.6 Å². The van der Waals surface area contributed by atoms with E-state index in [0.29, 0.717) is 12.2 Å². The number of thioether (sulfide) groups is 1. The summed E-state index contributed by atoms with van der Waals surface area (Å²) in [4.78, 5) is 25.4. The smallest absolute Gasteiger partial charge is 0.237 e. The van der Waals surface area contributed by atoms with Crippen LogP contribution in [0.5, 0.6) is 0 Å². The number of carbonyl (C=O) groups is 2. The third-order valence-corrected chi connectivity index (χ3v) is 4.83. The molecular weight excluding hydrogens is 286 g/mol. The summed E-state index contributed by atoms with van der Waals surface area (Å²) in [6.45, 7) is 0.347. The van der Waals surface area contributed by atoms with Crippen LogP contribution in [0.4, 0.5) is 5.69 Å². The van der Waals surface area contributed by atoms with E-state index in [4.69, 9.17) is 11.5 Å². The average Bonchev–Trinajstić information content (AvgIpc) is 2.48. The molecule has 0 aromatic heterocycles. The molecule has 1 atom stereocenters. The Labute approximate surface area is 129 Å². The summed E-state index contributed by atoms with van der Waals surface area (Å²) in [6, 6.07) is 7.31. The van der Waals surface area contributed by atoms with Gasteiger partial charge in [-0.25, -0.2) is 0 Å². The predicted molar refractivity (Wildman–Crippen MR) is 85.6 cm³/mol. The van der Waals surface area contributed by atoms with Crippen molar-refractivity contribution >= 4 is 29.3 Å². The van der Waals surface area contributed by atoms with Gasteiger partial charge >= 0.3 is 0 Å². The average molecular weight is 307 g/mol. The minimum atomic E-state index is -0.486. The highest BCUT2D eigenvalue weighted by Gasteiger charge is 2.27. The van der Waals surface area contributed by atoms with Crippen molar-refractivity contribution in [3.8, 4) is 0 Å². The second kappa shape index (κ2) is 7.36. The van der Waals surface area contributed by atoms with Crippen molar-refractivity contribution in [3.63, 3.8) is 0 Å². The van der Waals surface area contributed by atoms with Crippen LogP contribution < -0.4 is 11.5 Å². The van der Waals surface area contributed by atoms with Crippen molar-refractivity contribution in [2.75, 3.05) is 18.0 Å². The summed E-state index contributed by atoms with van der Waals surface area (Å²) in [6.07, 6.45) is 3.10. The van der Waals surface area contributed by atoms with Gasteiger partial charge in [0, 0.05) is 12.2 Å². The second-order valence-electron chi connectivity index (χ2n) is 5.26. The van der Waals surface area contributed by atoms with Gasteiger partial charge in [-0.2, -0.15) is 0 Å². The van der Waals surface area contributed by atoms with Crippen LogP contribution in [0.15, 0.2) is 24.3 Å². The van der Waals surface area contributed by atoms with E-state index in [1.54, 1.807) is 28.8 Å². The standard InChI is InChI=1S/C15H21N3O2S/c16-12-6-4-11(5-7-12)9-18(10-14(17)19)15(20)13-3-1-2-8-21-13/h4-7,13H,1-3,8-10,16H2,(H2,17,19). The fourth-order valence-corrected chi connectivity index (χ4v) is 3.66. The van der Waals surface area contributed by atoms with Crippen molar-refractivity contribution in [3.05, 3.63) is 29.8 Å². The molecule has 4 N–H and O–H groups in total. The van der Waals surface area contributed by atoms with Crippen LogP contribution in [0.3, 0.4) is 0 Å². The Morgan fingerprint density at radius 2 is 1.95 bits per heavy atom. The molecule has 6 heteroatoms. The second-order valence-corrected chi connectivity index (χ2v) is 6.57. The first-order valence-corrected chi connectivity index (χ1v) is 8.14. The monoisotopic (exact) mass is 307 g/mol. The molecule has 0 bridgehead atoms. The van der Waals surface area contributed by atoms with E-state index < -0.39 is 5.91 Å². The molecule has 5 nitrogen and oxygen atoms in total. The van der Waals surface area contributed by atoms with E-state index >= 15 is 0 Å². The predicted octanol–water partition coefficient (Wildman–Crippen LogP) is 1.37. The van der Waals surface area contributed by atoms with Gasteiger partial charge in [-0.05, 0) is 36.3 Å².